The Bertz CT molecular complexity index is 377. The molecule has 1 fully saturated rings. The first-order valence-corrected chi connectivity index (χ1v) is 5.81. The molecule has 88 valence electrons. The number of nitrogens with two attached hydrogens (primary N) is 1. The first kappa shape index (κ1) is 11.5. The van der Waals surface area contributed by atoms with Gasteiger partial charge >= 0.3 is 0 Å². The summed E-state index contributed by atoms with van der Waals surface area (Å²) in [5, 5.41) is 0. The molecule has 16 heavy (non-hydrogen) atoms. The van der Waals surface area contributed by atoms with Crippen LogP contribution in [0.3, 0.4) is 0 Å². The Morgan fingerprint density at radius 1 is 1.19 bits per heavy atom. The number of halogens is 1. The molecule has 1 aromatic rings. The van der Waals surface area contributed by atoms with Crippen molar-refractivity contribution in [1.29, 1.82) is 0 Å². The molecule has 0 atom stereocenters. The van der Waals surface area contributed by atoms with Crippen LogP contribution in [-0.4, -0.2) is 4.98 Å². The fourth-order valence-corrected chi connectivity index (χ4v) is 2.35. The fourth-order valence-electron chi connectivity index (χ4n) is 2.35. The Balaban J connectivity index is 2.21. The maximum absolute atomic E-state index is 13.1. The van der Waals surface area contributed by atoms with Gasteiger partial charge in [-0.1, -0.05) is 13.8 Å². The maximum atomic E-state index is 13.1. The second kappa shape index (κ2) is 3.81. The lowest BCUT2D eigenvalue weighted by Crippen LogP contribution is -2.42. The van der Waals surface area contributed by atoms with Crippen LogP contribution in [0.1, 0.15) is 45.1 Å². The topological polar surface area (TPSA) is 38.9 Å². The van der Waals surface area contributed by atoms with Crippen LogP contribution in [0.4, 0.5) is 4.39 Å². The third-order valence-electron chi connectivity index (χ3n) is 3.78. The van der Waals surface area contributed by atoms with Crippen molar-refractivity contribution in [2.75, 3.05) is 0 Å². The van der Waals surface area contributed by atoms with Gasteiger partial charge in [-0.15, -0.1) is 0 Å². The third kappa shape index (κ3) is 2.24. The molecule has 2 rings (SSSR count). The fraction of sp³-hybridized carbons (Fsp3) is 0.615. The summed E-state index contributed by atoms with van der Waals surface area (Å²) in [5.74, 6) is -0.299. The lowest BCUT2D eigenvalue weighted by molar-refractivity contribution is 0.165. The summed E-state index contributed by atoms with van der Waals surface area (Å²) in [6.07, 6.45) is 6.90. The molecule has 0 aliphatic heterocycles. The highest BCUT2D eigenvalue weighted by molar-refractivity contribution is 5.22. The maximum Gasteiger partial charge on any atom is 0.141 e. The molecule has 1 aromatic heterocycles. The van der Waals surface area contributed by atoms with Gasteiger partial charge in [-0.3, -0.25) is 4.98 Å². The minimum absolute atomic E-state index is 0.299. The smallest absolute Gasteiger partial charge is 0.141 e. The van der Waals surface area contributed by atoms with Crippen LogP contribution in [-0.2, 0) is 5.54 Å². The lowest BCUT2D eigenvalue weighted by Gasteiger charge is -2.41. The molecule has 0 radical (unpaired) electrons. The molecular formula is C13H19FN2. The highest BCUT2D eigenvalue weighted by atomic mass is 19.1. The van der Waals surface area contributed by atoms with Crippen molar-refractivity contribution in [2.45, 2.75) is 45.1 Å². The average Bonchev–Trinajstić information content (AvgIpc) is 2.23. The molecule has 1 aliphatic rings. The van der Waals surface area contributed by atoms with E-state index >= 15 is 0 Å². The SMILES string of the molecule is CC1(C)CCC(N)(c2cncc(F)c2)CC1. The van der Waals surface area contributed by atoms with Crippen molar-refractivity contribution < 1.29 is 4.39 Å². The van der Waals surface area contributed by atoms with E-state index < -0.39 is 0 Å². The van der Waals surface area contributed by atoms with E-state index in [-0.39, 0.29) is 11.4 Å². The zero-order chi connectivity index (χ0) is 11.8. The van der Waals surface area contributed by atoms with Crippen molar-refractivity contribution in [3.8, 4) is 0 Å². The van der Waals surface area contributed by atoms with Gasteiger partial charge in [0.2, 0.25) is 0 Å². The standard InChI is InChI=1S/C13H19FN2/c1-12(2)3-5-13(15,6-4-12)10-7-11(14)9-16-8-10/h7-9H,3-6,15H2,1-2H3. The predicted molar refractivity (Wildman–Crippen MR) is 62.3 cm³/mol. The van der Waals surface area contributed by atoms with Crippen molar-refractivity contribution in [2.24, 2.45) is 11.1 Å². The van der Waals surface area contributed by atoms with Gasteiger partial charge in [-0.05, 0) is 42.7 Å². The van der Waals surface area contributed by atoms with Crippen molar-refractivity contribution in [3.05, 3.63) is 29.8 Å². The van der Waals surface area contributed by atoms with Crippen LogP contribution in [0.15, 0.2) is 18.5 Å². The van der Waals surface area contributed by atoms with E-state index in [1.54, 1.807) is 6.20 Å². The molecule has 0 amide bonds. The minimum Gasteiger partial charge on any atom is -0.321 e. The molecule has 2 nitrogen and oxygen atoms in total. The highest BCUT2D eigenvalue weighted by Gasteiger charge is 2.36. The second-order valence-corrected chi connectivity index (χ2v) is 5.71. The van der Waals surface area contributed by atoms with Gasteiger partial charge in [0.05, 0.1) is 6.20 Å². The number of hydrogen-bond acceptors (Lipinski definition) is 2. The number of aromatic nitrogens is 1. The van der Waals surface area contributed by atoms with E-state index in [2.05, 4.69) is 18.8 Å². The van der Waals surface area contributed by atoms with Crippen LogP contribution in [0, 0.1) is 11.2 Å². The second-order valence-electron chi connectivity index (χ2n) is 5.71. The number of rotatable bonds is 1. The van der Waals surface area contributed by atoms with Crippen LogP contribution < -0.4 is 5.73 Å². The number of nitrogens with zero attached hydrogens (tertiary/aromatic N) is 1. The molecule has 1 saturated carbocycles. The summed E-state index contributed by atoms with van der Waals surface area (Å²) in [7, 11) is 0. The van der Waals surface area contributed by atoms with Crippen LogP contribution in [0.25, 0.3) is 0 Å². The Morgan fingerprint density at radius 2 is 1.81 bits per heavy atom. The molecule has 0 aromatic carbocycles. The van der Waals surface area contributed by atoms with Gasteiger partial charge in [0.25, 0.3) is 0 Å². The zero-order valence-corrected chi connectivity index (χ0v) is 9.96. The first-order chi connectivity index (χ1) is 7.41. The number of pyridine rings is 1. The largest absolute Gasteiger partial charge is 0.321 e. The van der Waals surface area contributed by atoms with Crippen LogP contribution in [0.2, 0.25) is 0 Å². The third-order valence-corrected chi connectivity index (χ3v) is 3.78. The van der Waals surface area contributed by atoms with Crippen LogP contribution >= 0.6 is 0 Å². The van der Waals surface area contributed by atoms with Gasteiger partial charge in [0.1, 0.15) is 5.82 Å². The molecule has 0 spiro atoms. The predicted octanol–water partition coefficient (Wildman–Crippen LogP) is 2.97. The number of hydrogen-bond donors (Lipinski definition) is 1. The summed E-state index contributed by atoms with van der Waals surface area (Å²) < 4.78 is 13.1. The molecule has 0 unspecified atom stereocenters. The van der Waals surface area contributed by atoms with Gasteiger partial charge in [0.15, 0.2) is 0 Å². The quantitative estimate of drug-likeness (QED) is 0.793. The average molecular weight is 222 g/mol. The summed E-state index contributed by atoms with van der Waals surface area (Å²) in [6.45, 7) is 4.52. The zero-order valence-electron chi connectivity index (χ0n) is 9.96. The normalized spacial score (nSPS) is 23.0. The van der Waals surface area contributed by atoms with E-state index in [9.17, 15) is 4.39 Å². The minimum atomic E-state index is -0.384. The molecule has 1 aliphatic carbocycles. The van der Waals surface area contributed by atoms with E-state index in [1.165, 1.54) is 12.3 Å². The van der Waals surface area contributed by atoms with Gasteiger partial charge < -0.3 is 5.73 Å². The van der Waals surface area contributed by atoms with E-state index in [4.69, 9.17) is 5.73 Å². The molecule has 3 heteroatoms. The highest BCUT2D eigenvalue weighted by Crippen LogP contribution is 2.43. The Hall–Kier alpha value is -0.960. The summed E-state index contributed by atoms with van der Waals surface area (Å²) >= 11 is 0. The van der Waals surface area contributed by atoms with E-state index in [0.29, 0.717) is 5.41 Å². The summed E-state index contributed by atoms with van der Waals surface area (Å²) in [5.41, 5.74) is 7.18. The first-order valence-electron chi connectivity index (χ1n) is 5.81. The van der Waals surface area contributed by atoms with E-state index in [0.717, 1.165) is 31.2 Å². The molecule has 0 saturated heterocycles. The lowest BCUT2D eigenvalue weighted by atomic mass is 9.68. The van der Waals surface area contributed by atoms with Crippen molar-refractivity contribution in [1.82, 2.24) is 4.98 Å². The summed E-state index contributed by atoms with van der Waals surface area (Å²) in [6, 6.07) is 1.52. The molecule has 0 bridgehead atoms. The molecule has 2 N–H and O–H groups in total. The molecular weight excluding hydrogens is 203 g/mol. The van der Waals surface area contributed by atoms with Gasteiger partial charge in [-0.25, -0.2) is 4.39 Å². The monoisotopic (exact) mass is 222 g/mol. The van der Waals surface area contributed by atoms with Gasteiger partial charge in [-0.2, -0.15) is 0 Å². The van der Waals surface area contributed by atoms with E-state index in [1.807, 2.05) is 0 Å². The Kier molecular flexibility index (Phi) is 2.74. The summed E-state index contributed by atoms with van der Waals surface area (Å²) in [4.78, 5) is 3.89. The van der Waals surface area contributed by atoms with Crippen molar-refractivity contribution in [3.63, 3.8) is 0 Å². The van der Waals surface area contributed by atoms with Gasteiger partial charge in [0, 0.05) is 11.7 Å². The van der Waals surface area contributed by atoms with Crippen molar-refractivity contribution >= 4 is 0 Å². The Morgan fingerprint density at radius 3 is 2.38 bits per heavy atom. The Labute approximate surface area is 96.1 Å². The van der Waals surface area contributed by atoms with Crippen LogP contribution in [0.5, 0.6) is 0 Å². The molecule has 1 heterocycles.